The van der Waals surface area contributed by atoms with E-state index in [1.807, 2.05) is 0 Å². The van der Waals surface area contributed by atoms with Gasteiger partial charge in [0.1, 0.15) is 17.5 Å². The van der Waals surface area contributed by atoms with E-state index in [0.717, 1.165) is 0 Å². The summed E-state index contributed by atoms with van der Waals surface area (Å²) in [4.78, 5) is 14.5. The Hall–Kier alpha value is -1.31. The van der Waals surface area contributed by atoms with Gasteiger partial charge in [0.15, 0.2) is 0 Å². The molecule has 94 valence electrons. The van der Waals surface area contributed by atoms with Crippen molar-refractivity contribution in [3.63, 3.8) is 0 Å². The second-order valence-electron chi connectivity index (χ2n) is 3.53. The van der Waals surface area contributed by atoms with Crippen LogP contribution in [0.2, 0.25) is 0 Å². The minimum Gasteiger partial charge on any atom is -0.478 e. The molecule has 5 N–H and O–H groups in total. The third-order valence-electron chi connectivity index (χ3n) is 2.30. The number of aromatic nitrogens is 1. The molecule has 0 bridgehead atoms. The van der Waals surface area contributed by atoms with Gasteiger partial charge in [-0.15, -0.1) is 0 Å². The third kappa shape index (κ3) is 3.32. The molecule has 0 spiro atoms. The molecule has 1 aromatic heterocycles. The van der Waals surface area contributed by atoms with Gasteiger partial charge in [0, 0.05) is 11.8 Å². The molecule has 7 heteroatoms. The van der Waals surface area contributed by atoms with E-state index in [-0.39, 0.29) is 23.4 Å². The number of aromatic carboxylic acids is 1. The predicted molar refractivity (Wildman–Crippen MR) is 65.0 cm³/mol. The Morgan fingerprint density at radius 3 is 2.71 bits per heavy atom. The van der Waals surface area contributed by atoms with Crippen molar-refractivity contribution in [3.8, 4) is 0 Å². The van der Waals surface area contributed by atoms with Crippen LogP contribution < -0.4 is 5.73 Å². The number of nitrogens with two attached hydrogens (primary N) is 1. The quantitative estimate of drug-likeness (QED) is 0.477. The lowest BCUT2D eigenvalue weighted by molar-refractivity contribution is 0.0170. The van der Waals surface area contributed by atoms with Gasteiger partial charge in [-0.1, -0.05) is 0 Å². The minimum absolute atomic E-state index is 0.128. The molecule has 0 saturated carbocycles. The number of nitrogens with zero attached hydrogens (tertiary/aromatic N) is 1. The Balaban J connectivity index is 2.99. The minimum atomic E-state index is -1.23. The van der Waals surface area contributed by atoms with Gasteiger partial charge in [0.05, 0.1) is 6.10 Å². The molecule has 0 aromatic carbocycles. The van der Waals surface area contributed by atoms with Crippen molar-refractivity contribution in [1.29, 1.82) is 0 Å². The monoisotopic (exact) mass is 258 g/mol. The highest BCUT2D eigenvalue weighted by Crippen LogP contribution is 2.21. The van der Waals surface area contributed by atoms with E-state index < -0.39 is 18.2 Å². The van der Waals surface area contributed by atoms with E-state index in [1.54, 1.807) is 0 Å². The van der Waals surface area contributed by atoms with E-state index >= 15 is 0 Å². The summed E-state index contributed by atoms with van der Waals surface area (Å²) in [7, 11) is 0. The Morgan fingerprint density at radius 1 is 1.53 bits per heavy atom. The van der Waals surface area contributed by atoms with Gasteiger partial charge >= 0.3 is 5.97 Å². The van der Waals surface area contributed by atoms with Crippen LogP contribution in [0.5, 0.6) is 0 Å². The molecule has 0 saturated heterocycles. The molecule has 0 aliphatic carbocycles. The molecular formula is C10H14N2O4S. The topological polar surface area (TPSA) is 117 Å². The van der Waals surface area contributed by atoms with Crippen molar-refractivity contribution in [2.45, 2.75) is 18.6 Å². The lowest BCUT2D eigenvalue weighted by Gasteiger charge is -2.17. The number of aliphatic hydroxyl groups excluding tert-OH is 2. The Bertz CT molecular complexity index is 413. The van der Waals surface area contributed by atoms with Crippen LogP contribution >= 0.6 is 12.6 Å². The molecule has 0 fully saturated rings. The molecule has 1 aromatic rings. The first kappa shape index (κ1) is 13.8. The lowest BCUT2D eigenvalue weighted by atomic mass is 10.0. The number of carboxylic acids is 1. The largest absolute Gasteiger partial charge is 0.478 e. The fraction of sp³-hybridized carbons (Fsp3) is 0.400. The fourth-order valence-corrected chi connectivity index (χ4v) is 1.60. The van der Waals surface area contributed by atoms with E-state index in [4.69, 9.17) is 10.8 Å². The third-order valence-corrected chi connectivity index (χ3v) is 2.56. The molecule has 1 rings (SSSR count). The second-order valence-corrected chi connectivity index (χ2v) is 3.98. The van der Waals surface area contributed by atoms with E-state index in [0.29, 0.717) is 5.75 Å². The van der Waals surface area contributed by atoms with Crippen LogP contribution in [-0.2, 0) is 0 Å². The number of carboxylic acid groups (broad SMARTS) is 1. The smallest absolute Gasteiger partial charge is 0.339 e. The van der Waals surface area contributed by atoms with Crippen LogP contribution in [0.15, 0.2) is 12.3 Å². The Labute approximate surface area is 104 Å². The second kappa shape index (κ2) is 5.85. The van der Waals surface area contributed by atoms with Crippen LogP contribution in [0.3, 0.4) is 0 Å². The molecule has 0 aliphatic heterocycles. The van der Waals surface area contributed by atoms with Gasteiger partial charge in [-0.05, 0) is 18.2 Å². The van der Waals surface area contributed by atoms with E-state index in [9.17, 15) is 15.0 Å². The van der Waals surface area contributed by atoms with Crippen molar-refractivity contribution < 1.29 is 20.1 Å². The molecule has 0 aliphatic rings. The number of rotatable bonds is 5. The number of thiol groups is 1. The summed E-state index contributed by atoms with van der Waals surface area (Å²) >= 11 is 3.94. The van der Waals surface area contributed by atoms with Gasteiger partial charge < -0.3 is 21.1 Å². The van der Waals surface area contributed by atoms with E-state index in [2.05, 4.69) is 17.6 Å². The van der Waals surface area contributed by atoms with Gasteiger partial charge in [-0.3, -0.25) is 0 Å². The van der Waals surface area contributed by atoms with E-state index in [1.165, 1.54) is 12.3 Å². The average molecular weight is 258 g/mol. The first-order valence-electron chi connectivity index (χ1n) is 4.93. The lowest BCUT2D eigenvalue weighted by Crippen LogP contribution is -2.19. The normalized spacial score (nSPS) is 14.3. The number of carbonyl (C=O) groups is 1. The summed E-state index contributed by atoms with van der Waals surface area (Å²) < 4.78 is 0. The summed E-state index contributed by atoms with van der Waals surface area (Å²) in [6, 6.07) is 1.21. The number of anilines is 1. The summed E-state index contributed by atoms with van der Waals surface area (Å²) in [5, 5.41) is 28.2. The number of nitrogen functional groups attached to an aromatic ring is 1. The summed E-state index contributed by atoms with van der Waals surface area (Å²) in [6.07, 6.45) is -0.682. The summed E-state index contributed by atoms with van der Waals surface area (Å²) in [5.41, 5.74) is 5.40. The maximum atomic E-state index is 10.8. The highest BCUT2D eigenvalue weighted by atomic mass is 32.1. The Morgan fingerprint density at radius 2 is 2.18 bits per heavy atom. The first-order chi connectivity index (χ1) is 7.97. The molecular weight excluding hydrogens is 244 g/mol. The average Bonchev–Trinajstić information content (AvgIpc) is 2.28. The van der Waals surface area contributed by atoms with Crippen molar-refractivity contribution in [2.24, 2.45) is 0 Å². The summed E-state index contributed by atoms with van der Waals surface area (Å²) in [5.74, 6) is -0.947. The van der Waals surface area contributed by atoms with Crippen LogP contribution in [0.25, 0.3) is 0 Å². The zero-order chi connectivity index (χ0) is 13.0. The highest BCUT2D eigenvalue weighted by molar-refractivity contribution is 7.80. The van der Waals surface area contributed by atoms with Crippen LogP contribution in [-0.4, -0.2) is 38.1 Å². The van der Waals surface area contributed by atoms with Crippen molar-refractivity contribution in [1.82, 2.24) is 4.98 Å². The van der Waals surface area contributed by atoms with Crippen LogP contribution in [0.4, 0.5) is 5.82 Å². The number of hydrogen-bond donors (Lipinski definition) is 5. The fourth-order valence-electron chi connectivity index (χ4n) is 1.34. The first-order valence-corrected chi connectivity index (χ1v) is 5.56. The number of pyridine rings is 1. The SMILES string of the molecule is Nc1ncc(C(O)C(O)CCS)cc1C(=O)O. The number of aliphatic hydroxyl groups is 2. The zero-order valence-corrected chi connectivity index (χ0v) is 9.84. The van der Waals surface area contributed by atoms with Gasteiger partial charge in [0.2, 0.25) is 0 Å². The Kier molecular flexibility index (Phi) is 4.73. The number of hydrogen-bond acceptors (Lipinski definition) is 6. The maximum Gasteiger partial charge on any atom is 0.339 e. The molecule has 0 amide bonds. The van der Waals surface area contributed by atoms with Gasteiger partial charge in [0.25, 0.3) is 0 Å². The maximum absolute atomic E-state index is 10.8. The summed E-state index contributed by atoms with van der Waals surface area (Å²) in [6.45, 7) is 0. The zero-order valence-electron chi connectivity index (χ0n) is 8.95. The molecule has 6 nitrogen and oxygen atoms in total. The standard InChI is InChI=1S/C10H14N2O4S/c11-9-6(10(15)16)3-5(4-12-9)8(14)7(13)1-2-17/h3-4,7-8,13-14,17H,1-2H2,(H2,11,12)(H,15,16). The van der Waals surface area contributed by atoms with Crippen molar-refractivity contribution in [2.75, 3.05) is 11.5 Å². The highest BCUT2D eigenvalue weighted by Gasteiger charge is 2.20. The van der Waals surface area contributed by atoms with Crippen molar-refractivity contribution >= 4 is 24.4 Å². The molecule has 2 atom stereocenters. The molecule has 17 heavy (non-hydrogen) atoms. The molecule has 2 unspecified atom stereocenters. The molecule has 0 radical (unpaired) electrons. The van der Waals surface area contributed by atoms with Crippen LogP contribution in [0, 0.1) is 0 Å². The van der Waals surface area contributed by atoms with Crippen LogP contribution in [0.1, 0.15) is 28.4 Å². The predicted octanol–water partition coefficient (Wildman–Crippen LogP) is 0.0762. The van der Waals surface area contributed by atoms with Crippen molar-refractivity contribution in [3.05, 3.63) is 23.4 Å². The van der Waals surface area contributed by atoms with Gasteiger partial charge in [-0.25, -0.2) is 9.78 Å². The molecule has 1 heterocycles. The van der Waals surface area contributed by atoms with Gasteiger partial charge in [-0.2, -0.15) is 12.6 Å².